The van der Waals surface area contributed by atoms with Gasteiger partial charge in [-0.25, -0.2) is 0 Å². The van der Waals surface area contributed by atoms with Gasteiger partial charge < -0.3 is 9.52 Å². The molecule has 0 saturated carbocycles. The van der Waals surface area contributed by atoms with Gasteiger partial charge in [0.15, 0.2) is 15.9 Å². The first kappa shape index (κ1) is 26.0. The molecule has 1 atom stereocenters. The third-order valence-corrected chi connectivity index (χ3v) is 9.02. The van der Waals surface area contributed by atoms with Crippen molar-refractivity contribution >= 4 is 50.9 Å². The normalized spacial score (nSPS) is 15.4. The van der Waals surface area contributed by atoms with Gasteiger partial charge in [0.1, 0.15) is 5.58 Å². The Hall–Kier alpha value is -4.21. The Morgan fingerprint density at radius 1 is 1.02 bits per heavy atom. The van der Waals surface area contributed by atoms with E-state index in [-0.39, 0.29) is 11.3 Å². The molecule has 7 nitrogen and oxygen atoms in total. The number of ketones is 1. The zero-order chi connectivity index (χ0) is 27.8. The average molecular weight is 568 g/mol. The molecule has 1 amide bonds. The van der Waals surface area contributed by atoms with Crippen molar-refractivity contribution in [2.75, 3.05) is 4.90 Å². The lowest BCUT2D eigenvalue weighted by atomic mass is 9.94. The average Bonchev–Trinajstić information content (AvgIpc) is 3.69. The van der Waals surface area contributed by atoms with Gasteiger partial charge in [0.05, 0.1) is 11.6 Å². The fraction of sp³-hybridized carbons (Fsp3) is 0.161. The summed E-state index contributed by atoms with van der Waals surface area (Å²) in [7, 11) is 0. The lowest BCUT2D eigenvalue weighted by Gasteiger charge is -2.24. The van der Waals surface area contributed by atoms with Crippen LogP contribution in [-0.4, -0.2) is 27.0 Å². The number of anilines is 1. The van der Waals surface area contributed by atoms with E-state index in [1.54, 1.807) is 12.1 Å². The van der Waals surface area contributed by atoms with E-state index in [0.717, 1.165) is 22.9 Å². The number of Topliss-reactive ketones (excluding diaryl/α,β-unsaturated/α-hetero) is 1. The largest absolute Gasteiger partial charge is 0.503 e. The van der Waals surface area contributed by atoms with Crippen LogP contribution in [0.4, 0.5) is 5.13 Å². The number of furan rings is 1. The third-order valence-electron chi connectivity index (χ3n) is 6.89. The van der Waals surface area contributed by atoms with Crippen molar-refractivity contribution in [1.29, 1.82) is 0 Å². The molecule has 200 valence electrons. The number of aryl methyl sites for hydroxylation is 2. The van der Waals surface area contributed by atoms with Crippen molar-refractivity contribution in [3.05, 3.63) is 118 Å². The van der Waals surface area contributed by atoms with Crippen molar-refractivity contribution in [2.24, 2.45) is 0 Å². The molecule has 1 aliphatic heterocycles. The van der Waals surface area contributed by atoms with Crippen LogP contribution >= 0.6 is 23.1 Å². The molecule has 3 aromatic carbocycles. The summed E-state index contributed by atoms with van der Waals surface area (Å²) in [5, 5.41) is 20.8. The number of hydrogen-bond acceptors (Lipinski definition) is 8. The minimum atomic E-state index is -0.887. The molecule has 40 heavy (non-hydrogen) atoms. The number of benzene rings is 3. The number of fused-ring (bicyclic) bond motifs is 1. The zero-order valence-corrected chi connectivity index (χ0v) is 23.5. The van der Waals surface area contributed by atoms with Gasteiger partial charge in [-0.3, -0.25) is 14.5 Å². The van der Waals surface area contributed by atoms with Gasteiger partial charge in [-0.1, -0.05) is 102 Å². The summed E-state index contributed by atoms with van der Waals surface area (Å²) in [6.07, 6.45) is 0.845. The van der Waals surface area contributed by atoms with Crippen molar-refractivity contribution in [1.82, 2.24) is 10.2 Å². The quantitative estimate of drug-likeness (QED) is 0.120. The maximum atomic E-state index is 13.8. The number of aromatic nitrogens is 2. The van der Waals surface area contributed by atoms with Crippen LogP contribution in [0.2, 0.25) is 0 Å². The predicted octanol–water partition coefficient (Wildman–Crippen LogP) is 7.23. The number of hydrogen-bond donors (Lipinski definition) is 1. The highest BCUT2D eigenvalue weighted by molar-refractivity contribution is 8.00. The molecule has 0 bridgehead atoms. The SMILES string of the molecule is CCc1ccc(C2C(C(=O)c3cc4ccccc4o3)=C(O)C(=O)N2c2nnc(SCc3ccc(C)cc3)s2)cc1. The fourth-order valence-corrected chi connectivity index (χ4v) is 6.52. The molecular weight excluding hydrogens is 542 g/mol. The Labute approximate surface area is 239 Å². The first-order valence-corrected chi connectivity index (χ1v) is 14.6. The summed E-state index contributed by atoms with van der Waals surface area (Å²) in [4.78, 5) is 28.7. The Bertz CT molecular complexity index is 1720. The van der Waals surface area contributed by atoms with Crippen molar-refractivity contribution in [3.63, 3.8) is 0 Å². The minimum absolute atomic E-state index is 0.0441. The topological polar surface area (TPSA) is 96.5 Å². The standard InChI is InChI=1S/C31H25N3O4S2/c1-3-19-12-14-21(15-13-19)26-25(27(35)24-16-22-6-4-5-7-23(22)38-24)28(36)29(37)34(26)30-32-33-31(40-30)39-17-20-10-8-18(2)9-11-20/h4-16,26,36H,3,17H2,1-2H3. The second-order valence-electron chi connectivity index (χ2n) is 9.54. The van der Waals surface area contributed by atoms with Crippen LogP contribution in [0.1, 0.15) is 45.8 Å². The van der Waals surface area contributed by atoms with Crippen molar-refractivity contribution < 1.29 is 19.1 Å². The highest BCUT2D eigenvalue weighted by atomic mass is 32.2. The number of nitrogens with zero attached hydrogens (tertiary/aromatic N) is 3. The van der Waals surface area contributed by atoms with Crippen molar-refractivity contribution in [2.45, 2.75) is 36.4 Å². The maximum absolute atomic E-state index is 13.8. The number of aliphatic hydroxyl groups excluding tert-OH is 1. The van der Waals surface area contributed by atoms with E-state index in [2.05, 4.69) is 41.4 Å². The van der Waals surface area contributed by atoms with Crippen LogP contribution in [-0.2, 0) is 17.0 Å². The lowest BCUT2D eigenvalue weighted by molar-refractivity contribution is -0.117. The van der Waals surface area contributed by atoms with Crippen LogP contribution in [0.5, 0.6) is 0 Å². The summed E-state index contributed by atoms with van der Waals surface area (Å²) >= 11 is 2.77. The van der Waals surface area contributed by atoms with Gasteiger partial charge in [0, 0.05) is 11.1 Å². The number of amides is 1. The summed E-state index contributed by atoms with van der Waals surface area (Å²) in [5.41, 5.74) is 4.64. The number of thioether (sulfide) groups is 1. The molecular formula is C31H25N3O4S2. The lowest BCUT2D eigenvalue weighted by Crippen LogP contribution is -2.31. The Balaban J connectivity index is 1.36. The van der Waals surface area contributed by atoms with Gasteiger partial charge >= 0.3 is 0 Å². The molecule has 1 aliphatic rings. The van der Waals surface area contributed by atoms with E-state index in [9.17, 15) is 14.7 Å². The molecule has 9 heteroatoms. The van der Waals surface area contributed by atoms with E-state index < -0.39 is 23.5 Å². The van der Waals surface area contributed by atoms with Crippen molar-refractivity contribution in [3.8, 4) is 0 Å². The van der Waals surface area contributed by atoms with E-state index in [1.807, 2.05) is 49.4 Å². The van der Waals surface area contributed by atoms with Gasteiger partial charge in [0.2, 0.25) is 10.9 Å². The van der Waals surface area contributed by atoms with Crippen LogP contribution < -0.4 is 4.90 Å². The smallest absolute Gasteiger partial charge is 0.296 e. The summed E-state index contributed by atoms with van der Waals surface area (Å²) < 4.78 is 6.50. The molecule has 0 saturated heterocycles. The summed E-state index contributed by atoms with van der Waals surface area (Å²) in [5.74, 6) is -1.11. The maximum Gasteiger partial charge on any atom is 0.296 e. The van der Waals surface area contributed by atoms with Gasteiger partial charge in [-0.15, -0.1) is 10.2 Å². The van der Waals surface area contributed by atoms with Gasteiger partial charge in [-0.2, -0.15) is 0 Å². The second-order valence-corrected chi connectivity index (χ2v) is 11.7. The van der Waals surface area contributed by atoms with Gasteiger partial charge in [-0.05, 0) is 42.2 Å². The zero-order valence-electron chi connectivity index (χ0n) is 21.8. The van der Waals surface area contributed by atoms with E-state index in [4.69, 9.17) is 4.42 Å². The molecule has 5 aromatic rings. The number of rotatable bonds is 8. The Morgan fingerprint density at radius 3 is 2.48 bits per heavy atom. The van der Waals surface area contributed by atoms with Crippen LogP contribution in [0.25, 0.3) is 11.0 Å². The predicted molar refractivity (Wildman–Crippen MR) is 157 cm³/mol. The molecule has 2 aromatic heterocycles. The Kier molecular flexibility index (Phi) is 7.00. The minimum Gasteiger partial charge on any atom is -0.503 e. The highest BCUT2D eigenvalue weighted by Gasteiger charge is 2.46. The first-order valence-electron chi connectivity index (χ1n) is 12.8. The molecule has 1 N–H and O–H groups in total. The second kappa shape index (κ2) is 10.7. The van der Waals surface area contributed by atoms with E-state index in [1.165, 1.54) is 33.6 Å². The van der Waals surface area contributed by atoms with Crippen LogP contribution in [0.15, 0.2) is 99.0 Å². The monoisotopic (exact) mass is 567 g/mol. The summed E-state index contributed by atoms with van der Waals surface area (Å²) in [6, 6.07) is 24.0. The highest BCUT2D eigenvalue weighted by Crippen LogP contribution is 2.44. The third kappa shape index (κ3) is 4.82. The summed E-state index contributed by atoms with van der Waals surface area (Å²) in [6.45, 7) is 4.10. The molecule has 0 radical (unpaired) electrons. The van der Waals surface area contributed by atoms with E-state index in [0.29, 0.717) is 26.4 Å². The molecule has 1 unspecified atom stereocenters. The molecule has 0 aliphatic carbocycles. The van der Waals surface area contributed by atoms with Gasteiger partial charge in [0.25, 0.3) is 5.91 Å². The van der Waals surface area contributed by atoms with Crippen LogP contribution in [0, 0.1) is 6.92 Å². The number of aliphatic hydroxyl groups is 1. The fourth-order valence-electron chi connectivity index (χ4n) is 4.70. The first-order chi connectivity index (χ1) is 19.4. The number of carbonyl (C=O) groups is 2. The molecule has 3 heterocycles. The molecule has 0 spiro atoms. The number of carbonyl (C=O) groups excluding carboxylic acids is 2. The Morgan fingerprint density at radius 2 is 1.75 bits per heavy atom. The van der Waals surface area contributed by atoms with E-state index >= 15 is 0 Å². The molecule has 0 fully saturated rings. The van der Waals surface area contributed by atoms with Crippen LogP contribution in [0.3, 0.4) is 0 Å². The molecule has 6 rings (SSSR count). The number of para-hydroxylation sites is 1.